The molecule has 32 heavy (non-hydrogen) atoms. The fourth-order valence-corrected chi connectivity index (χ4v) is 6.13. The molecule has 2 heterocycles. The molecule has 0 saturated heterocycles. The van der Waals surface area contributed by atoms with Gasteiger partial charge in [0.25, 0.3) is 0 Å². The zero-order valence-electron chi connectivity index (χ0n) is 17.9. The Morgan fingerprint density at radius 2 is 2.00 bits per heavy atom. The van der Waals surface area contributed by atoms with Crippen LogP contribution in [0, 0.1) is 0 Å². The van der Waals surface area contributed by atoms with Gasteiger partial charge in [-0.1, -0.05) is 43.2 Å². The molecule has 1 aliphatic rings. The highest BCUT2D eigenvalue weighted by Gasteiger charge is 2.24. The molecule has 170 valence electrons. The van der Waals surface area contributed by atoms with E-state index in [1.165, 1.54) is 48.0 Å². The fraction of sp³-hybridized carbons (Fsp3) is 0.409. The van der Waals surface area contributed by atoms with E-state index in [9.17, 15) is 13.2 Å². The van der Waals surface area contributed by atoms with Crippen LogP contribution in [0.2, 0.25) is 0 Å². The maximum Gasteiger partial charge on any atom is 0.234 e. The van der Waals surface area contributed by atoms with Gasteiger partial charge in [-0.15, -0.1) is 21.5 Å². The Labute approximate surface area is 196 Å². The number of hydrogen-bond donors (Lipinski definition) is 1. The standard InChI is InChI=1S/C22H26N4O3S3/c1-32(28,29)19-11-5-7-16(13-19)23-21(27)15-31-22-25-24-20(14-18-10-6-12-30-18)26(22)17-8-3-2-4-9-17/h5-7,10-13,17H,2-4,8-9,14-15H2,1H3,(H,23,27). The van der Waals surface area contributed by atoms with Crippen LogP contribution < -0.4 is 5.32 Å². The van der Waals surface area contributed by atoms with Crippen LogP contribution in [0.15, 0.2) is 51.8 Å². The smallest absolute Gasteiger partial charge is 0.234 e. The van der Waals surface area contributed by atoms with Gasteiger partial charge in [0.2, 0.25) is 5.91 Å². The predicted molar refractivity (Wildman–Crippen MR) is 128 cm³/mol. The first-order chi connectivity index (χ1) is 15.4. The Balaban J connectivity index is 1.46. The van der Waals surface area contributed by atoms with Crippen LogP contribution in [0.1, 0.15) is 48.8 Å². The summed E-state index contributed by atoms with van der Waals surface area (Å²) in [5.74, 6) is 0.911. The van der Waals surface area contributed by atoms with Gasteiger partial charge in [0.05, 0.1) is 10.6 Å². The van der Waals surface area contributed by atoms with Crippen LogP contribution in [0.4, 0.5) is 5.69 Å². The van der Waals surface area contributed by atoms with E-state index < -0.39 is 9.84 Å². The molecule has 0 spiro atoms. The Kier molecular flexibility index (Phi) is 7.32. The largest absolute Gasteiger partial charge is 0.325 e. The first-order valence-electron chi connectivity index (χ1n) is 10.6. The minimum Gasteiger partial charge on any atom is -0.325 e. The van der Waals surface area contributed by atoms with Gasteiger partial charge in [-0.2, -0.15) is 0 Å². The zero-order valence-corrected chi connectivity index (χ0v) is 20.3. The number of carbonyl (C=O) groups is 1. The second kappa shape index (κ2) is 10.2. The molecule has 0 bridgehead atoms. The van der Waals surface area contributed by atoms with Crippen molar-refractivity contribution in [2.24, 2.45) is 0 Å². The molecular formula is C22H26N4O3S3. The molecule has 3 aromatic rings. The minimum absolute atomic E-state index is 0.174. The summed E-state index contributed by atoms with van der Waals surface area (Å²) in [6.45, 7) is 0. The highest BCUT2D eigenvalue weighted by atomic mass is 32.2. The summed E-state index contributed by atoms with van der Waals surface area (Å²) in [7, 11) is -3.33. The molecule has 0 radical (unpaired) electrons. The van der Waals surface area contributed by atoms with E-state index in [1.807, 2.05) is 6.07 Å². The third kappa shape index (κ3) is 5.79. The Morgan fingerprint density at radius 1 is 1.19 bits per heavy atom. The van der Waals surface area contributed by atoms with Gasteiger partial charge in [-0.3, -0.25) is 4.79 Å². The molecule has 1 fully saturated rings. The van der Waals surface area contributed by atoms with Crippen LogP contribution >= 0.6 is 23.1 Å². The fourth-order valence-electron chi connectivity index (χ4n) is 3.93. The van der Waals surface area contributed by atoms with E-state index in [0.717, 1.165) is 36.5 Å². The van der Waals surface area contributed by atoms with E-state index in [1.54, 1.807) is 23.5 Å². The molecule has 1 N–H and O–H groups in total. The SMILES string of the molecule is CS(=O)(=O)c1cccc(NC(=O)CSc2nnc(Cc3cccs3)n2C2CCCCC2)c1. The van der Waals surface area contributed by atoms with Crippen molar-refractivity contribution in [3.8, 4) is 0 Å². The first-order valence-corrected chi connectivity index (χ1v) is 14.3. The van der Waals surface area contributed by atoms with E-state index in [0.29, 0.717) is 11.7 Å². The van der Waals surface area contributed by atoms with Crippen molar-refractivity contribution in [3.05, 3.63) is 52.5 Å². The number of rotatable bonds is 8. The molecule has 0 atom stereocenters. The lowest BCUT2D eigenvalue weighted by molar-refractivity contribution is -0.113. The molecule has 10 heteroatoms. The number of sulfone groups is 1. The molecular weight excluding hydrogens is 464 g/mol. The molecule has 0 aliphatic heterocycles. The monoisotopic (exact) mass is 490 g/mol. The molecule has 1 amide bonds. The maximum atomic E-state index is 12.6. The number of amides is 1. The third-order valence-corrected chi connectivity index (χ3v) is 8.40. The molecule has 4 rings (SSSR count). The van der Waals surface area contributed by atoms with Gasteiger partial charge in [-0.05, 0) is 42.5 Å². The summed E-state index contributed by atoms with van der Waals surface area (Å²) in [6.07, 6.45) is 7.75. The van der Waals surface area contributed by atoms with E-state index >= 15 is 0 Å². The summed E-state index contributed by atoms with van der Waals surface area (Å²) in [5.41, 5.74) is 0.464. The van der Waals surface area contributed by atoms with Crippen LogP contribution in [0.5, 0.6) is 0 Å². The molecule has 2 aromatic heterocycles. The summed E-state index contributed by atoms with van der Waals surface area (Å²) in [6, 6.07) is 10.8. The predicted octanol–water partition coefficient (Wildman–Crippen LogP) is 4.57. The average Bonchev–Trinajstić information content (AvgIpc) is 3.43. The second-order valence-corrected chi connectivity index (χ2v) is 11.9. The van der Waals surface area contributed by atoms with Crippen molar-refractivity contribution in [1.29, 1.82) is 0 Å². The average molecular weight is 491 g/mol. The summed E-state index contributed by atoms with van der Waals surface area (Å²) in [5, 5.41) is 14.5. The third-order valence-electron chi connectivity index (χ3n) is 5.47. The number of thiophene rings is 1. The van der Waals surface area contributed by atoms with Gasteiger partial charge in [0, 0.05) is 29.3 Å². The molecule has 1 saturated carbocycles. The van der Waals surface area contributed by atoms with Gasteiger partial charge in [0.1, 0.15) is 5.82 Å². The van der Waals surface area contributed by atoms with Crippen molar-refractivity contribution in [1.82, 2.24) is 14.8 Å². The van der Waals surface area contributed by atoms with Gasteiger partial charge >= 0.3 is 0 Å². The lowest BCUT2D eigenvalue weighted by Crippen LogP contribution is -2.18. The number of nitrogens with zero attached hydrogens (tertiary/aromatic N) is 3. The number of hydrogen-bond acceptors (Lipinski definition) is 7. The van der Waals surface area contributed by atoms with E-state index in [2.05, 4.69) is 31.5 Å². The maximum absolute atomic E-state index is 12.6. The molecule has 0 unspecified atom stereocenters. The minimum atomic E-state index is -3.33. The lowest BCUT2D eigenvalue weighted by Gasteiger charge is -2.25. The molecule has 1 aromatic carbocycles. The van der Waals surface area contributed by atoms with Crippen LogP contribution in [-0.2, 0) is 21.1 Å². The lowest BCUT2D eigenvalue weighted by atomic mass is 9.95. The second-order valence-electron chi connectivity index (χ2n) is 7.95. The van der Waals surface area contributed by atoms with Crippen LogP contribution in [0.3, 0.4) is 0 Å². The Bertz CT molecular complexity index is 1170. The summed E-state index contributed by atoms with van der Waals surface area (Å²) >= 11 is 3.08. The quantitative estimate of drug-likeness (QED) is 0.465. The Morgan fingerprint density at radius 3 is 2.72 bits per heavy atom. The number of thioether (sulfide) groups is 1. The first kappa shape index (κ1) is 23.0. The zero-order chi connectivity index (χ0) is 22.6. The van der Waals surface area contributed by atoms with E-state index in [4.69, 9.17) is 0 Å². The van der Waals surface area contributed by atoms with Crippen LogP contribution in [0.25, 0.3) is 0 Å². The van der Waals surface area contributed by atoms with Gasteiger partial charge < -0.3 is 9.88 Å². The van der Waals surface area contributed by atoms with Crippen molar-refractivity contribution < 1.29 is 13.2 Å². The van der Waals surface area contributed by atoms with Crippen molar-refractivity contribution in [2.75, 3.05) is 17.3 Å². The van der Waals surface area contributed by atoms with Crippen molar-refractivity contribution >= 4 is 44.5 Å². The summed E-state index contributed by atoms with van der Waals surface area (Å²) < 4.78 is 25.7. The number of anilines is 1. The summed E-state index contributed by atoms with van der Waals surface area (Å²) in [4.78, 5) is 14.0. The van der Waals surface area contributed by atoms with Gasteiger partial charge in [-0.25, -0.2) is 8.42 Å². The number of nitrogens with one attached hydrogen (secondary N) is 1. The van der Waals surface area contributed by atoms with Crippen molar-refractivity contribution in [3.63, 3.8) is 0 Å². The van der Waals surface area contributed by atoms with Gasteiger partial charge in [0.15, 0.2) is 15.0 Å². The highest BCUT2D eigenvalue weighted by molar-refractivity contribution is 7.99. The normalized spacial score (nSPS) is 15.0. The number of benzene rings is 1. The van der Waals surface area contributed by atoms with E-state index in [-0.39, 0.29) is 16.6 Å². The number of carbonyl (C=O) groups excluding carboxylic acids is 1. The van der Waals surface area contributed by atoms with Crippen molar-refractivity contribution in [2.45, 2.75) is 54.6 Å². The Hall–Kier alpha value is -2.17. The molecule has 1 aliphatic carbocycles. The van der Waals surface area contributed by atoms with Crippen LogP contribution in [-0.4, -0.2) is 41.1 Å². The number of aromatic nitrogens is 3. The highest BCUT2D eigenvalue weighted by Crippen LogP contribution is 2.33. The topological polar surface area (TPSA) is 93.9 Å². The molecule has 7 nitrogen and oxygen atoms in total.